The van der Waals surface area contributed by atoms with E-state index in [1.165, 1.54) is 25.7 Å². The van der Waals surface area contributed by atoms with E-state index in [1.807, 2.05) is 19.1 Å². The van der Waals surface area contributed by atoms with Crippen molar-refractivity contribution in [3.8, 4) is 6.07 Å². The van der Waals surface area contributed by atoms with Gasteiger partial charge in [0.1, 0.15) is 11.9 Å². The molecular weight excluding hydrogens is 198 g/mol. The van der Waals surface area contributed by atoms with Crippen molar-refractivity contribution < 1.29 is 0 Å². The average molecular weight is 215 g/mol. The minimum absolute atomic E-state index is 0.638. The van der Waals surface area contributed by atoms with Gasteiger partial charge in [-0.1, -0.05) is 19.3 Å². The molecule has 2 rings (SSSR count). The Bertz CT molecular complexity index is 402. The molecule has 0 aromatic carbocycles. The van der Waals surface area contributed by atoms with E-state index < -0.39 is 0 Å². The largest absolute Gasteiger partial charge is 0.369 e. The van der Waals surface area contributed by atoms with Crippen LogP contribution in [0.5, 0.6) is 0 Å². The van der Waals surface area contributed by atoms with Gasteiger partial charge in [-0.25, -0.2) is 4.98 Å². The highest BCUT2D eigenvalue weighted by Gasteiger charge is 2.16. The molecule has 1 aliphatic rings. The lowest BCUT2D eigenvalue weighted by molar-refractivity contribution is 0.303. The summed E-state index contributed by atoms with van der Waals surface area (Å²) in [6, 6.07) is 5.86. The number of rotatable bonds is 4. The van der Waals surface area contributed by atoms with Crippen LogP contribution < -0.4 is 5.32 Å². The van der Waals surface area contributed by atoms with Crippen molar-refractivity contribution in [2.24, 2.45) is 5.92 Å². The standard InChI is InChI=1S/C13H17N3/c1-10-5-6-12(9-14)13(16-10)15-8-7-11-3-2-4-11/h5-6,11H,2-4,7-8H2,1H3,(H,15,16). The Labute approximate surface area is 96.5 Å². The van der Waals surface area contributed by atoms with Crippen LogP contribution in [0.4, 0.5) is 5.82 Å². The van der Waals surface area contributed by atoms with E-state index in [-0.39, 0.29) is 0 Å². The molecule has 1 N–H and O–H groups in total. The number of hydrogen-bond acceptors (Lipinski definition) is 3. The van der Waals surface area contributed by atoms with Crippen molar-refractivity contribution in [3.05, 3.63) is 23.4 Å². The van der Waals surface area contributed by atoms with Crippen LogP contribution in [-0.4, -0.2) is 11.5 Å². The summed E-state index contributed by atoms with van der Waals surface area (Å²) >= 11 is 0. The van der Waals surface area contributed by atoms with Crippen LogP contribution in [0.3, 0.4) is 0 Å². The zero-order chi connectivity index (χ0) is 11.4. The smallest absolute Gasteiger partial charge is 0.144 e. The Balaban J connectivity index is 1.91. The van der Waals surface area contributed by atoms with Crippen LogP contribution >= 0.6 is 0 Å². The van der Waals surface area contributed by atoms with E-state index in [0.29, 0.717) is 5.56 Å². The summed E-state index contributed by atoms with van der Waals surface area (Å²) in [5.74, 6) is 1.63. The van der Waals surface area contributed by atoms with E-state index in [2.05, 4.69) is 16.4 Å². The second kappa shape index (κ2) is 4.98. The minimum atomic E-state index is 0.638. The van der Waals surface area contributed by atoms with Crippen LogP contribution in [0.25, 0.3) is 0 Å². The number of pyridine rings is 1. The maximum absolute atomic E-state index is 8.95. The van der Waals surface area contributed by atoms with Crippen molar-refractivity contribution in [2.45, 2.75) is 32.6 Å². The molecule has 0 spiro atoms. The number of aromatic nitrogens is 1. The SMILES string of the molecule is Cc1ccc(C#N)c(NCCC2CCC2)n1. The predicted octanol–water partition coefficient (Wildman–Crippen LogP) is 2.86. The molecular formula is C13H17N3. The van der Waals surface area contributed by atoms with Gasteiger partial charge in [-0.15, -0.1) is 0 Å². The van der Waals surface area contributed by atoms with Crippen molar-refractivity contribution in [2.75, 3.05) is 11.9 Å². The molecule has 3 nitrogen and oxygen atoms in total. The monoisotopic (exact) mass is 215 g/mol. The van der Waals surface area contributed by atoms with E-state index in [4.69, 9.17) is 5.26 Å². The third kappa shape index (κ3) is 2.52. The molecule has 1 aliphatic carbocycles. The second-order valence-corrected chi connectivity index (χ2v) is 4.47. The maximum Gasteiger partial charge on any atom is 0.144 e. The molecule has 0 atom stereocenters. The molecule has 1 saturated carbocycles. The molecule has 0 radical (unpaired) electrons. The Kier molecular flexibility index (Phi) is 3.40. The fourth-order valence-corrected chi connectivity index (χ4v) is 1.96. The first-order valence-electron chi connectivity index (χ1n) is 5.91. The first-order chi connectivity index (χ1) is 7.79. The Morgan fingerprint density at radius 1 is 1.50 bits per heavy atom. The minimum Gasteiger partial charge on any atom is -0.369 e. The highest BCUT2D eigenvalue weighted by molar-refractivity contribution is 5.52. The van der Waals surface area contributed by atoms with Gasteiger partial charge in [0.25, 0.3) is 0 Å². The average Bonchev–Trinajstić information content (AvgIpc) is 2.22. The Hall–Kier alpha value is -1.56. The highest BCUT2D eigenvalue weighted by atomic mass is 15.0. The van der Waals surface area contributed by atoms with Gasteiger partial charge in [-0.05, 0) is 31.4 Å². The predicted molar refractivity (Wildman–Crippen MR) is 64.1 cm³/mol. The molecule has 0 unspecified atom stereocenters. The normalized spacial score (nSPS) is 15.2. The molecule has 1 aromatic rings. The molecule has 1 heterocycles. The Morgan fingerprint density at radius 2 is 2.31 bits per heavy atom. The molecule has 1 fully saturated rings. The van der Waals surface area contributed by atoms with E-state index in [1.54, 1.807) is 0 Å². The van der Waals surface area contributed by atoms with Gasteiger partial charge >= 0.3 is 0 Å². The summed E-state index contributed by atoms with van der Waals surface area (Å²) < 4.78 is 0. The fraction of sp³-hybridized carbons (Fsp3) is 0.538. The summed E-state index contributed by atoms with van der Waals surface area (Å²) in [5.41, 5.74) is 1.59. The summed E-state index contributed by atoms with van der Waals surface area (Å²) in [6.45, 7) is 2.87. The number of nitriles is 1. The van der Waals surface area contributed by atoms with E-state index in [9.17, 15) is 0 Å². The summed E-state index contributed by atoms with van der Waals surface area (Å²) in [7, 11) is 0. The summed E-state index contributed by atoms with van der Waals surface area (Å²) in [4.78, 5) is 4.35. The number of nitrogens with one attached hydrogen (secondary N) is 1. The summed E-state index contributed by atoms with van der Waals surface area (Å²) in [6.07, 6.45) is 5.32. The van der Waals surface area contributed by atoms with Crippen LogP contribution in [0.1, 0.15) is 36.9 Å². The molecule has 16 heavy (non-hydrogen) atoms. The highest BCUT2D eigenvalue weighted by Crippen LogP contribution is 2.29. The van der Waals surface area contributed by atoms with E-state index in [0.717, 1.165) is 24.0 Å². The maximum atomic E-state index is 8.95. The molecule has 0 bridgehead atoms. The van der Waals surface area contributed by atoms with E-state index >= 15 is 0 Å². The van der Waals surface area contributed by atoms with Crippen molar-refractivity contribution >= 4 is 5.82 Å². The van der Waals surface area contributed by atoms with Crippen molar-refractivity contribution in [1.82, 2.24) is 4.98 Å². The zero-order valence-electron chi connectivity index (χ0n) is 9.66. The van der Waals surface area contributed by atoms with Crippen LogP contribution in [0, 0.1) is 24.2 Å². The van der Waals surface area contributed by atoms with Gasteiger partial charge in [0.05, 0.1) is 5.56 Å². The van der Waals surface area contributed by atoms with Gasteiger partial charge in [-0.2, -0.15) is 5.26 Å². The first kappa shape index (κ1) is 10.9. The lowest BCUT2D eigenvalue weighted by Crippen LogP contribution is -2.16. The number of nitrogens with zero attached hydrogens (tertiary/aromatic N) is 2. The molecule has 3 heteroatoms. The Morgan fingerprint density at radius 3 is 2.94 bits per heavy atom. The summed E-state index contributed by atoms with van der Waals surface area (Å²) in [5, 5.41) is 12.2. The third-order valence-corrected chi connectivity index (χ3v) is 3.22. The number of aryl methyl sites for hydroxylation is 1. The fourth-order valence-electron chi connectivity index (χ4n) is 1.96. The van der Waals surface area contributed by atoms with Crippen molar-refractivity contribution in [1.29, 1.82) is 5.26 Å². The second-order valence-electron chi connectivity index (χ2n) is 4.47. The quantitative estimate of drug-likeness (QED) is 0.840. The van der Waals surface area contributed by atoms with Gasteiger partial charge in [0, 0.05) is 12.2 Å². The number of hydrogen-bond donors (Lipinski definition) is 1. The van der Waals surface area contributed by atoms with Crippen LogP contribution in [-0.2, 0) is 0 Å². The lowest BCUT2D eigenvalue weighted by Gasteiger charge is -2.25. The molecule has 0 aliphatic heterocycles. The van der Waals surface area contributed by atoms with Gasteiger partial charge in [0.2, 0.25) is 0 Å². The molecule has 1 aromatic heterocycles. The lowest BCUT2D eigenvalue weighted by atomic mass is 9.83. The molecule has 0 saturated heterocycles. The van der Waals surface area contributed by atoms with Gasteiger partial charge in [-0.3, -0.25) is 0 Å². The van der Waals surface area contributed by atoms with Crippen LogP contribution in [0.15, 0.2) is 12.1 Å². The van der Waals surface area contributed by atoms with Crippen LogP contribution in [0.2, 0.25) is 0 Å². The third-order valence-electron chi connectivity index (χ3n) is 3.22. The first-order valence-corrected chi connectivity index (χ1v) is 5.91. The molecule has 84 valence electrons. The van der Waals surface area contributed by atoms with Crippen molar-refractivity contribution in [3.63, 3.8) is 0 Å². The zero-order valence-corrected chi connectivity index (χ0v) is 9.66. The van der Waals surface area contributed by atoms with Gasteiger partial charge in [0.15, 0.2) is 0 Å². The number of anilines is 1. The topological polar surface area (TPSA) is 48.7 Å². The molecule has 0 amide bonds. The van der Waals surface area contributed by atoms with Gasteiger partial charge < -0.3 is 5.32 Å².